The van der Waals surface area contributed by atoms with Gasteiger partial charge in [0.25, 0.3) is 0 Å². The zero-order valence-corrected chi connectivity index (χ0v) is 18.7. The van der Waals surface area contributed by atoms with E-state index in [1.807, 2.05) is 24.0 Å². The summed E-state index contributed by atoms with van der Waals surface area (Å²) in [7, 11) is -3.83. The third kappa shape index (κ3) is 4.12. The number of sulfone groups is 1. The number of anilines is 1. The van der Waals surface area contributed by atoms with Gasteiger partial charge in [0.1, 0.15) is 0 Å². The molecule has 2 heterocycles. The van der Waals surface area contributed by atoms with Crippen molar-refractivity contribution >= 4 is 27.3 Å². The summed E-state index contributed by atoms with van der Waals surface area (Å²) in [5, 5.41) is 0.575. The molecule has 0 N–H and O–H groups in total. The van der Waals surface area contributed by atoms with Gasteiger partial charge in [0.05, 0.1) is 4.90 Å². The van der Waals surface area contributed by atoms with E-state index in [2.05, 4.69) is 11.9 Å². The number of hydrogen-bond donors (Lipinski definition) is 0. The topological polar surface area (TPSA) is 63.4 Å². The van der Waals surface area contributed by atoms with Crippen LogP contribution in [0.15, 0.2) is 62.9 Å². The third-order valence-corrected chi connectivity index (χ3v) is 7.56. The monoisotopic (exact) mass is 444 g/mol. The fraction of sp³-hybridized carbons (Fsp3) is 0.348. The molecule has 0 bridgehead atoms. The van der Waals surface area contributed by atoms with Crippen LogP contribution < -0.4 is 4.90 Å². The second-order valence-electron chi connectivity index (χ2n) is 7.81. The van der Waals surface area contributed by atoms with E-state index in [4.69, 9.17) is 16.0 Å². The Morgan fingerprint density at radius 1 is 1.07 bits per heavy atom. The molecular formula is C23H25ClN2O3S. The smallest absolute Gasteiger partial charge is 0.236 e. The summed E-state index contributed by atoms with van der Waals surface area (Å²) >= 11 is 5.99. The first-order valence-electron chi connectivity index (χ1n) is 10.2. The van der Waals surface area contributed by atoms with E-state index in [-0.39, 0.29) is 15.8 Å². The summed E-state index contributed by atoms with van der Waals surface area (Å²) in [6, 6.07) is 14.0. The molecule has 1 saturated heterocycles. The predicted molar refractivity (Wildman–Crippen MR) is 119 cm³/mol. The summed E-state index contributed by atoms with van der Waals surface area (Å²) in [6.07, 6.45) is 2.82. The van der Waals surface area contributed by atoms with Crippen molar-refractivity contribution in [2.75, 3.05) is 18.0 Å². The lowest BCUT2D eigenvalue weighted by Gasteiger charge is -2.30. The molecule has 7 heteroatoms. The Bertz CT molecular complexity index is 1110. The molecule has 0 radical (unpaired) electrons. The first-order valence-corrected chi connectivity index (χ1v) is 12.1. The molecule has 1 aromatic heterocycles. The van der Waals surface area contributed by atoms with Gasteiger partial charge in [-0.1, -0.05) is 37.6 Å². The lowest BCUT2D eigenvalue weighted by molar-refractivity contribution is 0.416. The lowest BCUT2D eigenvalue weighted by Crippen LogP contribution is -2.33. The standard InChI is InChI=1S/C23H25ClN2O3S/c1-3-17-4-10-20(11-5-17)30(27,28)22-23(26-14-12-16(2)13-15-26)29-21(25-22)18-6-8-19(24)9-7-18/h4-11,16H,3,12-15H2,1-2H3. The average molecular weight is 445 g/mol. The van der Waals surface area contributed by atoms with Crippen LogP contribution >= 0.6 is 11.6 Å². The molecule has 0 atom stereocenters. The molecule has 0 saturated carbocycles. The molecule has 1 aliphatic rings. The maximum atomic E-state index is 13.5. The van der Waals surface area contributed by atoms with Gasteiger partial charge in [-0.05, 0) is 67.1 Å². The van der Waals surface area contributed by atoms with E-state index in [0.29, 0.717) is 22.4 Å². The molecule has 0 unspecified atom stereocenters. The Morgan fingerprint density at radius 2 is 1.70 bits per heavy atom. The number of nitrogens with zero attached hydrogens (tertiary/aromatic N) is 2. The van der Waals surface area contributed by atoms with Crippen LogP contribution in [0.3, 0.4) is 0 Å². The number of piperidine rings is 1. The van der Waals surface area contributed by atoms with Crippen molar-refractivity contribution in [3.63, 3.8) is 0 Å². The number of aryl methyl sites for hydroxylation is 1. The van der Waals surface area contributed by atoms with Gasteiger partial charge in [0.2, 0.25) is 26.6 Å². The maximum absolute atomic E-state index is 13.5. The van der Waals surface area contributed by atoms with E-state index in [1.165, 1.54) is 0 Å². The van der Waals surface area contributed by atoms with Gasteiger partial charge in [-0.3, -0.25) is 0 Å². The van der Waals surface area contributed by atoms with Crippen molar-refractivity contribution in [3.8, 4) is 11.5 Å². The fourth-order valence-corrected chi connectivity index (χ4v) is 5.06. The van der Waals surface area contributed by atoms with Crippen LogP contribution in [-0.4, -0.2) is 26.5 Å². The van der Waals surface area contributed by atoms with Crippen LogP contribution in [0.2, 0.25) is 5.02 Å². The molecule has 0 aliphatic carbocycles. The van der Waals surface area contributed by atoms with Crippen molar-refractivity contribution in [1.29, 1.82) is 0 Å². The molecule has 1 fully saturated rings. The van der Waals surface area contributed by atoms with Gasteiger partial charge in [0, 0.05) is 23.7 Å². The van der Waals surface area contributed by atoms with Gasteiger partial charge < -0.3 is 9.32 Å². The molecule has 0 spiro atoms. The highest BCUT2D eigenvalue weighted by atomic mass is 35.5. The molecule has 0 amide bonds. The van der Waals surface area contributed by atoms with E-state index in [0.717, 1.165) is 37.9 Å². The first kappa shape index (κ1) is 20.9. The second-order valence-corrected chi connectivity index (χ2v) is 10.1. The normalized spacial score (nSPS) is 15.5. The maximum Gasteiger partial charge on any atom is 0.236 e. The average Bonchev–Trinajstić information content (AvgIpc) is 3.21. The minimum absolute atomic E-state index is 0.0220. The number of oxazole rings is 1. The minimum atomic E-state index is -3.83. The minimum Gasteiger partial charge on any atom is -0.419 e. The lowest BCUT2D eigenvalue weighted by atomic mass is 9.99. The third-order valence-electron chi connectivity index (χ3n) is 5.64. The highest BCUT2D eigenvalue weighted by Gasteiger charge is 2.32. The van der Waals surface area contributed by atoms with E-state index >= 15 is 0 Å². The van der Waals surface area contributed by atoms with E-state index in [9.17, 15) is 8.42 Å². The van der Waals surface area contributed by atoms with Gasteiger partial charge in [-0.25, -0.2) is 8.42 Å². The van der Waals surface area contributed by atoms with Gasteiger partial charge in [-0.2, -0.15) is 4.98 Å². The second kappa shape index (κ2) is 8.44. The van der Waals surface area contributed by atoms with Crippen molar-refractivity contribution in [2.45, 2.75) is 43.0 Å². The van der Waals surface area contributed by atoms with Crippen LogP contribution in [0.25, 0.3) is 11.5 Å². The van der Waals surface area contributed by atoms with Crippen LogP contribution in [-0.2, 0) is 16.3 Å². The Hall–Kier alpha value is -2.31. The van der Waals surface area contributed by atoms with Gasteiger partial charge >= 0.3 is 0 Å². The molecule has 3 aromatic rings. The Labute approximate surface area is 182 Å². The summed E-state index contributed by atoms with van der Waals surface area (Å²) < 4.78 is 33.0. The largest absolute Gasteiger partial charge is 0.419 e. The highest BCUT2D eigenvalue weighted by Crippen LogP contribution is 2.36. The molecule has 1 aliphatic heterocycles. The van der Waals surface area contributed by atoms with Crippen molar-refractivity contribution in [1.82, 2.24) is 4.98 Å². The Balaban J connectivity index is 1.80. The summed E-state index contributed by atoms with van der Waals surface area (Å²) in [6.45, 7) is 5.74. The number of rotatable bonds is 5. The number of halogens is 1. The molecular weight excluding hydrogens is 420 g/mol. The quantitative estimate of drug-likeness (QED) is 0.510. The highest BCUT2D eigenvalue weighted by molar-refractivity contribution is 7.91. The molecule has 4 rings (SSSR count). The van der Waals surface area contributed by atoms with Crippen LogP contribution in [0.4, 0.5) is 5.88 Å². The van der Waals surface area contributed by atoms with Crippen LogP contribution in [0.1, 0.15) is 32.3 Å². The molecule has 158 valence electrons. The Kier molecular flexibility index (Phi) is 5.89. The van der Waals surface area contributed by atoms with Gasteiger partial charge in [0.15, 0.2) is 0 Å². The predicted octanol–water partition coefficient (Wildman–Crippen LogP) is 5.63. The SMILES string of the molecule is CCc1ccc(S(=O)(=O)c2nc(-c3ccc(Cl)cc3)oc2N2CCC(C)CC2)cc1. The van der Waals surface area contributed by atoms with Gasteiger partial charge in [-0.15, -0.1) is 0 Å². The fourth-order valence-electron chi connectivity index (χ4n) is 3.62. The zero-order valence-electron chi connectivity index (χ0n) is 17.1. The van der Waals surface area contributed by atoms with Crippen molar-refractivity contribution < 1.29 is 12.8 Å². The molecule has 5 nitrogen and oxygen atoms in total. The summed E-state index contributed by atoms with van der Waals surface area (Å²) in [4.78, 5) is 6.68. The first-order chi connectivity index (χ1) is 14.4. The molecule has 30 heavy (non-hydrogen) atoms. The summed E-state index contributed by atoms with van der Waals surface area (Å²) in [5.74, 6) is 1.22. The number of hydrogen-bond acceptors (Lipinski definition) is 5. The summed E-state index contributed by atoms with van der Waals surface area (Å²) in [5.41, 5.74) is 1.77. The van der Waals surface area contributed by atoms with Crippen molar-refractivity contribution in [2.24, 2.45) is 5.92 Å². The van der Waals surface area contributed by atoms with Crippen LogP contribution in [0.5, 0.6) is 0 Å². The molecule has 2 aromatic carbocycles. The van der Waals surface area contributed by atoms with E-state index in [1.54, 1.807) is 36.4 Å². The van der Waals surface area contributed by atoms with Crippen molar-refractivity contribution in [3.05, 3.63) is 59.1 Å². The van der Waals surface area contributed by atoms with Crippen LogP contribution in [0, 0.1) is 5.92 Å². The zero-order chi connectivity index (χ0) is 21.3. The number of benzene rings is 2. The number of aromatic nitrogens is 1. The van der Waals surface area contributed by atoms with E-state index < -0.39 is 9.84 Å². The Morgan fingerprint density at radius 3 is 2.30 bits per heavy atom.